The maximum atomic E-state index is 5.84. The van der Waals surface area contributed by atoms with E-state index in [1.54, 1.807) is 0 Å². The van der Waals surface area contributed by atoms with E-state index < -0.39 is 0 Å². The molecule has 0 saturated carbocycles. The molecule has 2 aromatic carbocycles. The van der Waals surface area contributed by atoms with Gasteiger partial charge in [0.2, 0.25) is 6.79 Å². The van der Waals surface area contributed by atoms with Crippen LogP contribution in [0.1, 0.15) is 0 Å². The minimum atomic E-state index is 0.285. The van der Waals surface area contributed by atoms with Gasteiger partial charge in [-0.2, -0.15) is 0 Å². The highest BCUT2D eigenvalue weighted by Crippen LogP contribution is 2.38. The fraction of sp³-hybridized carbons (Fsp3) is 0.0667. The molecule has 0 N–H and O–H groups in total. The van der Waals surface area contributed by atoms with Crippen molar-refractivity contribution < 1.29 is 13.9 Å². The summed E-state index contributed by atoms with van der Waals surface area (Å²) < 4.78 is 16.5. The number of benzene rings is 2. The van der Waals surface area contributed by atoms with E-state index in [9.17, 15) is 0 Å². The second kappa shape index (κ2) is 3.53. The monoisotopic (exact) mass is 238 g/mol. The van der Waals surface area contributed by atoms with Crippen LogP contribution >= 0.6 is 0 Å². The van der Waals surface area contributed by atoms with Crippen LogP contribution < -0.4 is 9.47 Å². The van der Waals surface area contributed by atoms with Gasteiger partial charge in [0.15, 0.2) is 11.5 Å². The Hall–Kier alpha value is -2.42. The first-order chi connectivity index (χ1) is 8.90. The van der Waals surface area contributed by atoms with Crippen LogP contribution in [0.15, 0.2) is 52.9 Å². The van der Waals surface area contributed by atoms with E-state index in [1.165, 1.54) is 0 Å². The number of fused-ring (bicyclic) bond motifs is 2. The maximum Gasteiger partial charge on any atom is 0.231 e. The third-order valence-corrected chi connectivity index (χ3v) is 3.07. The molecular formula is C15H10O3. The predicted molar refractivity (Wildman–Crippen MR) is 67.8 cm³/mol. The molecule has 2 heterocycles. The lowest BCUT2D eigenvalue weighted by molar-refractivity contribution is 0.174. The van der Waals surface area contributed by atoms with Gasteiger partial charge in [-0.15, -0.1) is 0 Å². The Morgan fingerprint density at radius 2 is 1.61 bits per heavy atom. The minimum Gasteiger partial charge on any atom is -0.456 e. The van der Waals surface area contributed by atoms with E-state index in [1.807, 2.05) is 48.5 Å². The van der Waals surface area contributed by atoms with Crippen LogP contribution in [0.25, 0.3) is 22.3 Å². The zero-order valence-electron chi connectivity index (χ0n) is 9.55. The first-order valence-corrected chi connectivity index (χ1v) is 5.79. The number of rotatable bonds is 1. The van der Waals surface area contributed by atoms with Crippen molar-refractivity contribution in [2.45, 2.75) is 0 Å². The van der Waals surface area contributed by atoms with Gasteiger partial charge in [-0.1, -0.05) is 30.3 Å². The standard InChI is InChI=1S/C15H10O3/c1-2-4-10(5-3-1)12-6-11-7-14-15(17-9-16-14)8-13(11)18-12/h1-8H,9H2. The lowest BCUT2D eigenvalue weighted by Crippen LogP contribution is -1.92. The zero-order chi connectivity index (χ0) is 11.9. The predicted octanol–water partition coefficient (Wildman–Crippen LogP) is 3.83. The van der Waals surface area contributed by atoms with Crippen molar-refractivity contribution in [3.63, 3.8) is 0 Å². The van der Waals surface area contributed by atoms with E-state index in [0.717, 1.165) is 33.8 Å². The van der Waals surface area contributed by atoms with E-state index in [4.69, 9.17) is 13.9 Å². The summed E-state index contributed by atoms with van der Waals surface area (Å²) in [5.74, 6) is 2.38. The molecule has 1 aromatic heterocycles. The molecule has 0 saturated heterocycles. The van der Waals surface area contributed by atoms with E-state index in [-0.39, 0.29) is 6.79 Å². The average molecular weight is 238 g/mol. The summed E-state index contributed by atoms with van der Waals surface area (Å²) >= 11 is 0. The van der Waals surface area contributed by atoms with E-state index >= 15 is 0 Å². The maximum absolute atomic E-state index is 5.84. The molecule has 0 radical (unpaired) electrons. The van der Waals surface area contributed by atoms with Gasteiger partial charge in [-0.3, -0.25) is 0 Å². The van der Waals surface area contributed by atoms with Crippen LogP contribution in [-0.2, 0) is 0 Å². The summed E-state index contributed by atoms with van der Waals surface area (Å²) in [4.78, 5) is 0. The Morgan fingerprint density at radius 1 is 0.833 bits per heavy atom. The van der Waals surface area contributed by atoms with Crippen molar-refractivity contribution in [2.24, 2.45) is 0 Å². The first-order valence-electron chi connectivity index (χ1n) is 5.79. The minimum absolute atomic E-state index is 0.285. The molecule has 0 spiro atoms. The lowest BCUT2D eigenvalue weighted by Gasteiger charge is -1.94. The highest BCUT2D eigenvalue weighted by Gasteiger charge is 2.16. The van der Waals surface area contributed by atoms with E-state index in [0.29, 0.717) is 0 Å². The number of hydrogen-bond donors (Lipinski definition) is 0. The van der Waals surface area contributed by atoms with Crippen molar-refractivity contribution in [3.05, 3.63) is 48.5 Å². The lowest BCUT2D eigenvalue weighted by atomic mass is 10.1. The second-order valence-corrected chi connectivity index (χ2v) is 4.22. The van der Waals surface area contributed by atoms with Gasteiger partial charge in [-0.05, 0) is 12.1 Å². The number of ether oxygens (including phenoxy) is 2. The molecule has 18 heavy (non-hydrogen) atoms. The Kier molecular flexibility index (Phi) is 1.88. The smallest absolute Gasteiger partial charge is 0.231 e. The van der Waals surface area contributed by atoms with Gasteiger partial charge < -0.3 is 13.9 Å². The van der Waals surface area contributed by atoms with Crippen molar-refractivity contribution in [2.75, 3.05) is 6.79 Å². The number of hydrogen-bond acceptors (Lipinski definition) is 3. The molecule has 0 bridgehead atoms. The van der Waals surface area contributed by atoms with Crippen molar-refractivity contribution in [3.8, 4) is 22.8 Å². The van der Waals surface area contributed by atoms with Gasteiger partial charge in [0.05, 0.1) is 0 Å². The summed E-state index contributed by atoms with van der Waals surface area (Å²) in [5.41, 5.74) is 1.88. The third kappa shape index (κ3) is 1.37. The first kappa shape index (κ1) is 9.59. The van der Waals surface area contributed by atoms with Crippen LogP contribution in [-0.4, -0.2) is 6.79 Å². The summed E-state index contributed by atoms with van der Waals surface area (Å²) in [6, 6.07) is 15.9. The van der Waals surface area contributed by atoms with Crippen molar-refractivity contribution >= 4 is 11.0 Å². The second-order valence-electron chi connectivity index (χ2n) is 4.22. The summed E-state index contributed by atoms with van der Waals surface area (Å²) in [5, 5.41) is 1.03. The molecule has 3 nitrogen and oxygen atoms in total. The molecule has 0 fully saturated rings. The molecule has 1 aliphatic heterocycles. The van der Waals surface area contributed by atoms with E-state index in [2.05, 4.69) is 0 Å². The molecule has 1 aliphatic rings. The molecule has 0 aliphatic carbocycles. The third-order valence-electron chi connectivity index (χ3n) is 3.07. The highest BCUT2D eigenvalue weighted by molar-refractivity contribution is 5.86. The van der Waals surface area contributed by atoms with Gasteiger partial charge in [-0.25, -0.2) is 0 Å². The van der Waals surface area contributed by atoms with Crippen LogP contribution in [0.3, 0.4) is 0 Å². The van der Waals surface area contributed by atoms with Gasteiger partial charge in [0.1, 0.15) is 11.3 Å². The Bertz CT molecular complexity index is 672. The average Bonchev–Trinajstić information content (AvgIpc) is 3.01. The van der Waals surface area contributed by atoms with Crippen molar-refractivity contribution in [1.29, 1.82) is 0 Å². The zero-order valence-corrected chi connectivity index (χ0v) is 9.55. The summed E-state index contributed by atoms with van der Waals surface area (Å²) in [6.07, 6.45) is 0. The summed E-state index contributed by atoms with van der Waals surface area (Å²) in [6.45, 7) is 0.285. The molecular weight excluding hydrogens is 228 g/mol. The van der Waals surface area contributed by atoms with Crippen LogP contribution in [0, 0.1) is 0 Å². The molecule has 3 heteroatoms. The van der Waals surface area contributed by atoms with Gasteiger partial charge >= 0.3 is 0 Å². The van der Waals surface area contributed by atoms with Gasteiger partial charge in [0.25, 0.3) is 0 Å². The largest absolute Gasteiger partial charge is 0.456 e. The quantitative estimate of drug-likeness (QED) is 0.645. The molecule has 88 valence electrons. The molecule has 0 amide bonds. The molecule has 4 rings (SSSR count). The Labute approximate surface area is 104 Å². The fourth-order valence-electron chi connectivity index (χ4n) is 2.17. The SMILES string of the molecule is c1ccc(-c2cc3cc4c(cc3o2)OCO4)cc1. The molecule has 0 atom stereocenters. The van der Waals surface area contributed by atoms with Crippen molar-refractivity contribution in [1.82, 2.24) is 0 Å². The van der Waals surface area contributed by atoms with Gasteiger partial charge in [0, 0.05) is 17.0 Å². The van der Waals surface area contributed by atoms with Crippen LogP contribution in [0.2, 0.25) is 0 Å². The topological polar surface area (TPSA) is 31.6 Å². The van der Waals surface area contributed by atoms with Crippen LogP contribution in [0.4, 0.5) is 0 Å². The molecule has 3 aromatic rings. The highest BCUT2D eigenvalue weighted by atomic mass is 16.7. The fourth-order valence-corrected chi connectivity index (χ4v) is 2.17. The Morgan fingerprint density at radius 3 is 2.44 bits per heavy atom. The molecule has 0 unspecified atom stereocenters. The normalized spacial score (nSPS) is 13.1. The van der Waals surface area contributed by atoms with Crippen LogP contribution in [0.5, 0.6) is 11.5 Å². The summed E-state index contributed by atoms with van der Waals surface area (Å²) in [7, 11) is 0. The number of furan rings is 1. The Balaban J connectivity index is 1.90.